The van der Waals surface area contributed by atoms with Gasteiger partial charge in [0.2, 0.25) is 0 Å². The van der Waals surface area contributed by atoms with Gasteiger partial charge in [0.25, 0.3) is 0 Å². The first-order valence-corrected chi connectivity index (χ1v) is 4.45. The van der Waals surface area contributed by atoms with E-state index in [1.54, 1.807) is 6.26 Å². The number of allylic oxidation sites excluding steroid dienone is 2. The molecular formula is C5H4I2O. The molecule has 8 heavy (non-hydrogen) atoms. The summed E-state index contributed by atoms with van der Waals surface area (Å²) in [6.07, 6.45) is 5.65. The fraction of sp³-hybridized carbons (Fsp3) is 0.200. The van der Waals surface area contributed by atoms with Gasteiger partial charge in [0.05, 0.1) is 6.26 Å². The fourth-order valence-electron chi connectivity index (χ4n) is 0.386. The average molecular weight is 334 g/mol. The summed E-state index contributed by atoms with van der Waals surface area (Å²) in [5, 5.41) is 0. The van der Waals surface area contributed by atoms with Crippen molar-refractivity contribution in [1.29, 1.82) is 0 Å². The third-order valence-corrected chi connectivity index (χ3v) is 3.83. The van der Waals surface area contributed by atoms with Crippen LogP contribution >= 0.6 is 45.2 Å². The Labute approximate surface area is 75.5 Å². The highest BCUT2D eigenvalue weighted by molar-refractivity contribution is 14.1. The van der Waals surface area contributed by atoms with Gasteiger partial charge in [-0.2, -0.15) is 0 Å². The summed E-state index contributed by atoms with van der Waals surface area (Å²) < 4.78 is 6.60. The summed E-state index contributed by atoms with van der Waals surface area (Å²) in [6.45, 7) is 0. The Morgan fingerprint density at radius 3 is 2.75 bits per heavy atom. The number of halogens is 2. The van der Waals surface area contributed by atoms with Gasteiger partial charge in [0.1, 0.15) is 0 Å². The Hall–Kier alpha value is 0.740. The molecule has 1 heterocycles. The minimum Gasteiger partial charge on any atom is -0.483 e. The zero-order chi connectivity index (χ0) is 5.98. The first-order valence-electron chi connectivity index (χ1n) is 2.12. The summed E-state index contributed by atoms with van der Waals surface area (Å²) >= 11 is 4.49. The van der Waals surface area contributed by atoms with E-state index >= 15 is 0 Å². The number of alkyl halides is 1. The van der Waals surface area contributed by atoms with Crippen molar-refractivity contribution in [3.63, 3.8) is 0 Å². The highest BCUT2D eigenvalue weighted by Crippen LogP contribution is 2.23. The molecule has 1 nitrogen and oxygen atoms in total. The van der Waals surface area contributed by atoms with Gasteiger partial charge in [-0.25, -0.2) is 0 Å². The predicted octanol–water partition coefficient (Wildman–Crippen LogP) is 2.61. The molecule has 1 atom stereocenters. The van der Waals surface area contributed by atoms with Gasteiger partial charge in [-0.15, -0.1) is 0 Å². The van der Waals surface area contributed by atoms with Gasteiger partial charge in [-0.3, -0.25) is 0 Å². The molecule has 0 bridgehead atoms. The van der Waals surface area contributed by atoms with Crippen LogP contribution in [-0.2, 0) is 4.74 Å². The third-order valence-electron chi connectivity index (χ3n) is 0.749. The van der Waals surface area contributed by atoms with E-state index in [9.17, 15) is 0 Å². The Kier molecular flexibility index (Phi) is 2.61. The number of ether oxygens (including phenoxy) is 1. The molecule has 0 fully saturated rings. The zero-order valence-electron chi connectivity index (χ0n) is 3.97. The Morgan fingerprint density at radius 1 is 1.62 bits per heavy atom. The second-order valence-electron chi connectivity index (χ2n) is 1.33. The van der Waals surface area contributed by atoms with Crippen LogP contribution in [0.4, 0.5) is 0 Å². The number of hydrogen-bond donors (Lipinski definition) is 0. The van der Waals surface area contributed by atoms with Crippen LogP contribution in [0.15, 0.2) is 22.0 Å². The highest BCUT2D eigenvalue weighted by Gasteiger charge is 2.07. The van der Waals surface area contributed by atoms with E-state index in [0.29, 0.717) is 0 Å². The molecule has 0 aliphatic carbocycles. The summed E-state index contributed by atoms with van der Waals surface area (Å²) in [4.78, 5) is 0. The fourth-order valence-corrected chi connectivity index (χ4v) is 1.12. The molecule has 0 amide bonds. The summed E-state index contributed by atoms with van der Waals surface area (Å²) in [6, 6.07) is 0. The molecular weight excluding hydrogens is 330 g/mol. The average Bonchev–Trinajstić information content (AvgIpc) is 1.77. The predicted molar refractivity (Wildman–Crippen MR) is 50.1 cm³/mol. The second kappa shape index (κ2) is 3.05. The smallest absolute Gasteiger partial charge is 0.179 e. The topological polar surface area (TPSA) is 9.23 Å². The van der Waals surface area contributed by atoms with Crippen LogP contribution in [0.1, 0.15) is 0 Å². The molecule has 0 N–H and O–H groups in total. The van der Waals surface area contributed by atoms with Crippen LogP contribution in [0.3, 0.4) is 0 Å². The monoisotopic (exact) mass is 334 g/mol. The minimum atomic E-state index is 0.234. The lowest BCUT2D eigenvalue weighted by Crippen LogP contribution is -2.00. The van der Waals surface area contributed by atoms with Crippen molar-refractivity contribution in [2.24, 2.45) is 0 Å². The largest absolute Gasteiger partial charge is 0.483 e. The molecule has 0 aromatic heterocycles. The molecule has 1 rings (SSSR count). The Balaban J connectivity index is 2.66. The molecule has 0 saturated carbocycles. The van der Waals surface area contributed by atoms with Gasteiger partial charge in [0, 0.05) is 3.58 Å². The molecule has 0 aromatic rings. The zero-order valence-corrected chi connectivity index (χ0v) is 8.29. The maximum Gasteiger partial charge on any atom is 0.179 e. The van der Waals surface area contributed by atoms with E-state index in [-0.39, 0.29) is 4.11 Å². The van der Waals surface area contributed by atoms with Crippen molar-refractivity contribution in [1.82, 2.24) is 0 Å². The molecule has 0 saturated heterocycles. The number of rotatable bonds is 0. The third kappa shape index (κ3) is 1.61. The quantitative estimate of drug-likeness (QED) is 0.489. The normalized spacial score (nSPS) is 26.8. The van der Waals surface area contributed by atoms with Gasteiger partial charge < -0.3 is 4.74 Å². The Bertz CT molecular complexity index is 139. The molecule has 44 valence electrons. The van der Waals surface area contributed by atoms with Crippen molar-refractivity contribution in [2.45, 2.75) is 4.11 Å². The lowest BCUT2D eigenvalue weighted by molar-refractivity contribution is 0.269. The van der Waals surface area contributed by atoms with Gasteiger partial charge >= 0.3 is 0 Å². The van der Waals surface area contributed by atoms with Gasteiger partial charge in [-0.05, 0) is 57.3 Å². The molecule has 1 unspecified atom stereocenters. The van der Waals surface area contributed by atoms with Crippen molar-refractivity contribution in [3.8, 4) is 0 Å². The van der Waals surface area contributed by atoms with E-state index in [0.717, 1.165) is 0 Å². The van der Waals surface area contributed by atoms with Gasteiger partial charge in [0.15, 0.2) is 4.11 Å². The molecule has 3 heteroatoms. The summed E-state index contributed by atoms with van der Waals surface area (Å²) in [5.74, 6) is 0. The summed E-state index contributed by atoms with van der Waals surface area (Å²) in [7, 11) is 0. The van der Waals surface area contributed by atoms with Crippen LogP contribution in [0.2, 0.25) is 0 Å². The lowest BCUT2D eigenvalue weighted by atomic mass is 10.5. The SMILES string of the molecule is IC1=CC=COC1I. The Morgan fingerprint density at radius 2 is 2.38 bits per heavy atom. The van der Waals surface area contributed by atoms with Crippen molar-refractivity contribution >= 4 is 45.2 Å². The highest BCUT2D eigenvalue weighted by atomic mass is 127. The summed E-state index contributed by atoms with van der Waals surface area (Å²) in [5.41, 5.74) is 0. The molecule has 1 aliphatic rings. The lowest BCUT2D eigenvalue weighted by Gasteiger charge is -2.10. The van der Waals surface area contributed by atoms with Crippen LogP contribution in [-0.4, -0.2) is 4.11 Å². The van der Waals surface area contributed by atoms with Crippen LogP contribution in [0, 0.1) is 0 Å². The van der Waals surface area contributed by atoms with Crippen LogP contribution in [0.5, 0.6) is 0 Å². The molecule has 0 spiro atoms. The van der Waals surface area contributed by atoms with Gasteiger partial charge in [-0.1, -0.05) is 0 Å². The van der Waals surface area contributed by atoms with E-state index in [1.807, 2.05) is 12.2 Å². The second-order valence-corrected chi connectivity index (χ2v) is 3.71. The maximum atomic E-state index is 5.12. The maximum absolute atomic E-state index is 5.12. The standard InChI is InChI=1S/C5H4I2O/c6-4-2-1-3-8-5(4)7/h1-3,5H. The van der Waals surface area contributed by atoms with Crippen LogP contribution in [0.25, 0.3) is 0 Å². The first-order chi connectivity index (χ1) is 3.80. The molecule has 0 radical (unpaired) electrons. The van der Waals surface area contributed by atoms with Crippen molar-refractivity contribution in [2.75, 3.05) is 0 Å². The van der Waals surface area contributed by atoms with Crippen molar-refractivity contribution < 1.29 is 4.74 Å². The molecule has 0 aromatic carbocycles. The number of hydrogen-bond acceptors (Lipinski definition) is 1. The molecule has 1 aliphatic heterocycles. The van der Waals surface area contributed by atoms with Crippen LogP contribution < -0.4 is 0 Å². The van der Waals surface area contributed by atoms with E-state index < -0.39 is 0 Å². The van der Waals surface area contributed by atoms with E-state index in [1.165, 1.54) is 3.58 Å². The van der Waals surface area contributed by atoms with Crippen molar-refractivity contribution in [3.05, 3.63) is 22.0 Å². The van der Waals surface area contributed by atoms with E-state index in [2.05, 4.69) is 45.2 Å². The minimum absolute atomic E-state index is 0.234. The first kappa shape index (κ1) is 6.85. The van der Waals surface area contributed by atoms with E-state index in [4.69, 9.17) is 4.74 Å².